The maximum atomic E-state index is 5.50. The van der Waals surface area contributed by atoms with E-state index in [0.29, 0.717) is 13.1 Å². The Kier molecular flexibility index (Phi) is 7.72. The van der Waals surface area contributed by atoms with Crippen LogP contribution in [0.3, 0.4) is 0 Å². The number of hydrogen-bond donors (Lipinski definition) is 1. The first-order valence-corrected chi connectivity index (χ1v) is 9.62. The zero-order valence-electron chi connectivity index (χ0n) is 16.2. The molecule has 0 fully saturated rings. The number of aliphatic imine (C=N–C) groups is 1. The second-order valence-corrected chi connectivity index (χ2v) is 6.73. The smallest absolute Gasteiger partial charge is 0.194 e. The van der Waals surface area contributed by atoms with Gasteiger partial charge in [-0.25, -0.2) is 9.98 Å². The van der Waals surface area contributed by atoms with Crippen molar-refractivity contribution in [3.05, 3.63) is 39.8 Å². The van der Waals surface area contributed by atoms with Gasteiger partial charge in [0.1, 0.15) is 11.5 Å². The Morgan fingerprint density at radius 3 is 2.69 bits per heavy atom. The molecule has 142 valence electrons. The molecule has 26 heavy (non-hydrogen) atoms. The minimum absolute atomic E-state index is 0.572. The lowest BCUT2D eigenvalue weighted by atomic mass is 10.2. The zero-order chi connectivity index (χ0) is 18.9. The summed E-state index contributed by atoms with van der Waals surface area (Å²) < 4.78 is 10.8. The number of nitrogens with zero attached hydrogens (tertiary/aromatic N) is 3. The largest absolute Gasteiger partial charge is 0.497 e. The van der Waals surface area contributed by atoms with Crippen molar-refractivity contribution >= 4 is 17.3 Å². The van der Waals surface area contributed by atoms with Crippen LogP contribution in [0.2, 0.25) is 0 Å². The molecule has 0 spiro atoms. The fourth-order valence-corrected chi connectivity index (χ4v) is 3.26. The summed E-state index contributed by atoms with van der Waals surface area (Å²) in [5.41, 5.74) is 2.08. The Morgan fingerprint density at radius 2 is 2.08 bits per heavy atom. The van der Waals surface area contributed by atoms with Crippen LogP contribution in [0, 0.1) is 0 Å². The maximum Gasteiger partial charge on any atom is 0.194 e. The van der Waals surface area contributed by atoms with Crippen molar-refractivity contribution in [1.82, 2.24) is 15.2 Å². The van der Waals surface area contributed by atoms with Crippen LogP contribution in [-0.2, 0) is 19.5 Å². The van der Waals surface area contributed by atoms with Crippen LogP contribution in [-0.4, -0.2) is 43.7 Å². The van der Waals surface area contributed by atoms with Crippen molar-refractivity contribution in [2.24, 2.45) is 4.99 Å². The van der Waals surface area contributed by atoms with E-state index in [-0.39, 0.29) is 0 Å². The van der Waals surface area contributed by atoms with E-state index in [0.717, 1.165) is 46.7 Å². The van der Waals surface area contributed by atoms with Crippen LogP contribution in [0.5, 0.6) is 11.5 Å². The first-order valence-electron chi connectivity index (χ1n) is 8.74. The number of methoxy groups -OCH3 is 2. The summed E-state index contributed by atoms with van der Waals surface area (Å²) >= 11 is 1.69. The van der Waals surface area contributed by atoms with E-state index in [1.165, 1.54) is 0 Å². The molecule has 0 saturated carbocycles. The Bertz CT molecular complexity index is 730. The quantitative estimate of drug-likeness (QED) is 0.566. The fraction of sp³-hybridized carbons (Fsp3) is 0.474. The van der Waals surface area contributed by atoms with Gasteiger partial charge in [0.25, 0.3) is 0 Å². The van der Waals surface area contributed by atoms with E-state index in [4.69, 9.17) is 14.5 Å². The Morgan fingerprint density at radius 1 is 1.27 bits per heavy atom. The second-order valence-electron chi connectivity index (χ2n) is 5.79. The number of thiazole rings is 1. The molecule has 0 radical (unpaired) electrons. The third kappa shape index (κ3) is 5.36. The highest BCUT2D eigenvalue weighted by molar-refractivity contribution is 7.09. The van der Waals surface area contributed by atoms with E-state index in [1.807, 2.05) is 25.2 Å². The third-order valence-electron chi connectivity index (χ3n) is 3.89. The number of rotatable bonds is 8. The molecule has 2 rings (SSSR count). The third-order valence-corrected chi connectivity index (χ3v) is 4.93. The van der Waals surface area contributed by atoms with Crippen LogP contribution in [0.25, 0.3) is 0 Å². The highest BCUT2D eigenvalue weighted by atomic mass is 32.1. The number of guanidine groups is 1. The van der Waals surface area contributed by atoms with Gasteiger partial charge in [0, 0.05) is 37.1 Å². The molecule has 6 nitrogen and oxygen atoms in total. The van der Waals surface area contributed by atoms with Crippen molar-refractivity contribution in [3.63, 3.8) is 0 Å². The Balaban J connectivity index is 2.12. The highest BCUT2D eigenvalue weighted by Crippen LogP contribution is 2.25. The van der Waals surface area contributed by atoms with Gasteiger partial charge in [-0.15, -0.1) is 11.3 Å². The second kappa shape index (κ2) is 10.0. The lowest BCUT2D eigenvalue weighted by Crippen LogP contribution is -2.38. The van der Waals surface area contributed by atoms with Crippen LogP contribution in [0.15, 0.2) is 28.6 Å². The first kappa shape index (κ1) is 20.0. The standard InChI is InChI=1S/C19H28N4O2S/c1-6-18-22-15(13-26-18)11-21-19(20-7-2)23(3)12-14-8-9-16(24-4)10-17(14)25-5/h8-10,13H,6-7,11-12H2,1-5H3,(H,20,21). The number of aromatic nitrogens is 1. The van der Waals surface area contributed by atoms with Gasteiger partial charge in [-0.3, -0.25) is 0 Å². The molecule has 0 amide bonds. The number of aryl methyl sites for hydroxylation is 1. The van der Waals surface area contributed by atoms with Crippen LogP contribution in [0.1, 0.15) is 30.1 Å². The summed E-state index contributed by atoms with van der Waals surface area (Å²) in [5, 5.41) is 6.57. The van der Waals surface area contributed by atoms with Crippen molar-refractivity contribution in [3.8, 4) is 11.5 Å². The molecular weight excluding hydrogens is 348 g/mol. The van der Waals surface area contributed by atoms with Gasteiger partial charge in [-0.2, -0.15) is 0 Å². The van der Waals surface area contributed by atoms with Crippen molar-refractivity contribution < 1.29 is 9.47 Å². The van der Waals surface area contributed by atoms with Crippen LogP contribution < -0.4 is 14.8 Å². The lowest BCUT2D eigenvalue weighted by Gasteiger charge is -2.23. The molecular formula is C19H28N4O2S. The minimum atomic E-state index is 0.572. The van der Waals surface area contributed by atoms with Crippen molar-refractivity contribution in [1.29, 1.82) is 0 Å². The predicted octanol–water partition coefficient (Wildman–Crippen LogP) is 3.32. The average Bonchev–Trinajstić information content (AvgIpc) is 3.13. The molecule has 0 atom stereocenters. The Labute approximate surface area is 159 Å². The highest BCUT2D eigenvalue weighted by Gasteiger charge is 2.11. The van der Waals surface area contributed by atoms with Gasteiger partial charge in [-0.1, -0.05) is 6.92 Å². The molecule has 0 unspecified atom stereocenters. The van der Waals surface area contributed by atoms with E-state index in [9.17, 15) is 0 Å². The normalized spacial score (nSPS) is 11.3. The van der Waals surface area contributed by atoms with Crippen LogP contribution >= 0.6 is 11.3 Å². The Hall–Kier alpha value is -2.28. The molecule has 2 aromatic rings. The van der Waals surface area contributed by atoms with Gasteiger partial charge in [-0.05, 0) is 25.5 Å². The number of benzene rings is 1. The molecule has 0 aliphatic rings. The monoisotopic (exact) mass is 376 g/mol. The number of nitrogens with one attached hydrogen (secondary N) is 1. The van der Waals surface area contributed by atoms with E-state index >= 15 is 0 Å². The summed E-state index contributed by atoms with van der Waals surface area (Å²) in [6, 6.07) is 5.86. The van der Waals surface area contributed by atoms with Gasteiger partial charge < -0.3 is 19.7 Å². The minimum Gasteiger partial charge on any atom is -0.497 e. The summed E-state index contributed by atoms with van der Waals surface area (Å²) in [4.78, 5) is 11.4. The molecule has 7 heteroatoms. The van der Waals surface area contributed by atoms with Crippen LogP contribution in [0.4, 0.5) is 0 Å². The molecule has 0 aliphatic heterocycles. The average molecular weight is 377 g/mol. The number of hydrogen-bond acceptors (Lipinski definition) is 5. The van der Waals surface area contributed by atoms with Gasteiger partial charge in [0.15, 0.2) is 5.96 Å². The van der Waals surface area contributed by atoms with E-state index < -0.39 is 0 Å². The zero-order valence-corrected chi connectivity index (χ0v) is 17.0. The molecule has 1 aromatic carbocycles. The molecule has 0 bridgehead atoms. The summed E-state index contributed by atoms with van der Waals surface area (Å²) in [6.07, 6.45) is 0.964. The van der Waals surface area contributed by atoms with Crippen molar-refractivity contribution in [2.45, 2.75) is 33.4 Å². The molecule has 0 aliphatic carbocycles. The fourth-order valence-electron chi connectivity index (χ4n) is 2.52. The van der Waals surface area contributed by atoms with E-state index in [2.05, 4.69) is 34.4 Å². The molecule has 1 aromatic heterocycles. The predicted molar refractivity (Wildman–Crippen MR) is 107 cm³/mol. The maximum absolute atomic E-state index is 5.50. The van der Waals surface area contributed by atoms with Gasteiger partial charge in [0.2, 0.25) is 0 Å². The molecule has 0 saturated heterocycles. The summed E-state index contributed by atoms with van der Waals surface area (Å²) in [6.45, 7) is 6.24. The first-order chi connectivity index (χ1) is 12.6. The SMILES string of the molecule is CCNC(=NCc1csc(CC)n1)N(C)Cc1ccc(OC)cc1OC. The summed E-state index contributed by atoms with van der Waals surface area (Å²) in [5.74, 6) is 2.43. The van der Waals surface area contributed by atoms with E-state index in [1.54, 1.807) is 25.6 Å². The van der Waals surface area contributed by atoms with Crippen molar-refractivity contribution in [2.75, 3.05) is 27.8 Å². The summed E-state index contributed by atoms with van der Waals surface area (Å²) in [7, 11) is 5.34. The molecule has 1 N–H and O–H groups in total. The number of ether oxygens (including phenoxy) is 2. The lowest BCUT2D eigenvalue weighted by molar-refractivity contribution is 0.382. The van der Waals surface area contributed by atoms with Gasteiger partial charge in [0.05, 0.1) is 31.5 Å². The topological polar surface area (TPSA) is 59.0 Å². The molecule has 1 heterocycles. The van der Waals surface area contributed by atoms with Gasteiger partial charge >= 0.3 is 0 Å².